The predicted octanol–water partition coefficient (Wildman–Crippen LogP) is 3.92. The van der Waals surface area contributed by atoms with Gasteiger partial charge in [-0.2, -0.15) is 0 Å². The minimum Gasteiger partial charge on any atom is -0.309 e. The summed E-state index contributed by atoms with van der Waals surface area (Å²) >= 11 is 0. The van der Waals surface area contributed by atoms with Crippen LogP contribution in [0.2, 0.25) is 0 Å². The van der Waals surface area contributed by atoms with Gasteiger partial charge in [0.2, 0.25) is 0 Å². The SMILES string of the molecule is C/C=C(/C)P(=O)(c1ccccc1)c1ccccc1. The van der Waals surface area contributed by atoms with Crippen LogP contribution in [0.5, 0.6) is 0 Å². The molecule has 0 unspecified atom stereocenters. The van der Waals surface area contributed by atoms with Crippen molar-refractivity contribution in [3.05, 3.63) is 72.1 Å². The van der Waals surface area contributed by atoms with Crippen molar-refractivity contribution in [1.29, 1.82) is 0 Å². The van der Waals surface area contributed by atoms with Gasteiger partial charge in [-0.15, -0.1) is 0 Å². The molecule has 0 aliphatic heterocycles. The lowest BCUT2D eigenvalue weighted by molar-refractivity contribution is 0.590. The molecule has 0 heterocycles. The summed E-state index contributed by atoms with van der Waals surface area (Å²) in [6, 6.07) is 19.4. The Morgan fingerprint density at radius 2 is 1.28 bits per heavy atom. The Bertz CT molecular complexity index is 542. The Morgan fingerprint density at radius 1 is 0.889 bits per heavy atom. The monoisotopic (exact) mass is 256 g/mol. The maximum atomic E-state index is 13.5. The summed E-state index contributed by atoms with van der Waals surface area (Å²) in [6.07, 6.45) is 1.95. The molecule has 0 saturated carbocycles. The summed E-state index contributed by atoms with van der Waals surface area (Å²) in [4.78, 5) is 0. The lowest BCUT2D eigenvalue weighted by Gasteiger charge is -2.20. The first-order chi connectivity index (χ1) is 8.69. The van der Waals surface area contributed by atoms with Gasteiger partial charge in [-0.1, -0.05) is 66.7 Å². The molecule has 0 aromatic heterocycles. The van der Waals surface area contributed by atoms with Crippen molar-refractivity contribution in [2.45, 2.75) is 13.8 Å². The quantitative estimate of drug-likeness (QED) is 0.760. The lowest BCUT2D eigenvalue weighted by atomic mass is 10.4. The van der Waals surface area contributed by atoms with Gasteiger partial charge >= 0.3 is 0 Å². The number of allylic oxidation sites excluding steroid dienone is 2. The summed E-state index contributed by atoms with van der Waals surface area (Å²) in [5.74, 6) is 0. The first-order valence-electron chi connectivity index (χ1n) is 6.04. The molecular formula is C16H17OP. The topological polar surface area (TPSA) is 17.1 Å². The van der Waals surface area contributed by atoms with E-state index in [0.717, 1.165) is 15.9 Å². The molecule has 0 N–H and O–H groups in total. The van der Waals surface area contributed by atoms with Gasteiger partial charge in [-0.3, -0.25) is 0 Å². The van der Waals surface area contributed by atoms with Crippen molar-refractivity contribution < 1.29 is 4.57 Å². The summed E-state index contributed by atoms with van der Waals surface area (Å²) in [5, 5.41) is 2.72. The zero-order chi connectivity index (χ0) is 13.0. The van der Waals surface area contributed by atoms with Gasteiger partial charge in [0.15, 0.2) is 7.14 Å². The zero-order valence-electron chi connectivity index (χ0n) is 10.7. The van der Waals surface area contributed by atoms with E-state index in [2.05, 4.69) is 0 Å². The van der Waals surface area contributed by atoms with Gasteiger partial charge in [0.1, 0.15) is 0 Å². The second-order valence-corrected chi connectivity index (χ2v) is 7.17. The Morgan fingerprint density at radius 3 is 1.61 bits per heavy atom. The molecule has 2 rings (SSSR count). The molecule has 2 aromatic carbocycles. The molecule has 0 radical (unpaired) electrons. The average molecular weight is 256 g/mol. The zero-order valence-corrected chi connectivity index (χ0v) is 11.6. The van der Waals surface area contributed by atoms with Crippen molar-refractivity contribution >= 4 is 17.8 Å². The van der Waals surface area contributed by atoms with E-state index in [1.807, 2.05) is 80.6 Å². The first kappa shape index (κ1) is 12.9. The molecular weight excluding hydrogens is 239 g/mol. The van der Waals surface area contributed by atoms with Gasteiger partial charge in [0.05, 0.1) is 0 Å². The average Bonchev–Trinajstić information content (AvgIpc) is 2.47. The van der Waals surface area contributed by atoms with Crippen LogP contribution < -0.4 is 10.6 Å². The Kier molecular flexibility index (Phi) is 3.84. The fraction of sp³-hybridized carbons (Fsp3) is 0.125. The van der Waals surface area contributed by atoms with Crippen LogP contribution >= 0.6 is 7.14 Å². The van der Waals surface area contributed by atoms with Crippen LogP contribution in [0, 0.1) is 0 Å². The van der Waals surface area contributed by atoms with Gasteiger partial charge in [0, 0.05) is 10.6 Å². The van der Waals surface area contributed by atoms with Crippen LogP contribution in [-0.2, 0) is 4.57 Å². The van der Waals surface area contributed by atoms with E-state index in [1.165, 1.54) is 0 Å². The minimum absolute atomic E-state index is 0.895. The summed E-state index contributed by atoms with van der Waals surface area (Å²) in [7, 11) is -2.65. The molecule has 18 heavy (non-hydrogen) atoms. The molecule has 0 amide bonds. The standard InChI is InChI=1S/C16H17OP/c1-3-14(2)18(17,15-10-6-4-7-11-15)16-12-8-5-9-13-16/h3-13H,1-2H3/b14-3-. The van der Waals surface area contributed by atoms with Gasteiger partial charge < -0.3 is 4.57 Å². The number of hydrogen-bond acceptors (Lipinski definition) is 1. The molecule has 0 atom stereocenters. The van der Waals surface area contributed by atoms with Crippen molar-refractivity contribution in [1.82, 2.24) is 0 Å². The smallest absolute Gasteiger partial charge is 0.166 e. The molecule has 0 aliphatic carbocycles. The highest BCUT2D eigenvalue weighted by Crippen LogP contribution is 2.51. The minimum atomic E-state index is -2.65. The predicted molar refractivity (Wildman–Crippen MR) is 79.2 cm³/mol. The third kappa shape index (κ3) is 2.19. The molecule has 92 valence electrons. The number of hydrogen-bond donors (Lipinski definition) is 0. The second kappa shape index (κ2) is 5.37. The van der Waals surface area contributed by atoms with Crippen molar-refractivity contribution in [3.63, 3.8) is 0 Å². The molecule has 1 nitrogen and oxygen atoms in total. The molecule has 0 bridgehead atoms. The lowest BCUT2D eigenvalue weighted by Crippen LogP contribution is -2.16. The van der Waals surface area contributed by atoms with Crippen LogP contribution in [0.4, 0.5) is 0 Å². The van der Waals surface area contributed by atoms with E-state index in [0.29, 0.717) is 0 Å². The Balaban J connectivity index is 2.68. The fourth-order valence-corrected chi connectivity index (χ4v) is 4.67. The van der Waals surface area contributed by atoms with Gasteiger partial charge in [-0.05, 0) is 19.2 Å². The van der Waals surface area contributed by atoms with Crippen molar-refractivity contribution in [3.8, 4) is 0 Å². The van der Waals surface area contributed by atoms with Crippen LogP contribution in [0.25, 0.3) is 0 Å². The van der Waals surface area contributed by atoms with Crippen LogP contribution in [0.3, 0.4) is 0 Å². The highest BCUT2D eigenvalue weighted by Gasteiger charge is 2.28. The summed E-state index contributed by atoms with van der Waals surface area (Å²) in [5.41, 5.74) is 0. The van der Waals surface area contributed by atoms with E-state index >= 15 is 0 Å². The number of rotatable bonds is 3. The van der Waals surface area contributed by atoms with Crippen LogP contribution in [0.15, 0.2) is 72.1 Å². The van der Waals surface area contributed by atoms with Crippen molar-refractivity contribution in [2.24, 2.45) is 0 Å². The normalized spacial score (nSPS) is 12.4. The van der Waals surface area contributed by atoms with E-state index in [4.69, 9.17) is 0 Å². The molecule has 0 spiro atoms. The maximum Gasteiger partial charge on any atom is 0.166 e. The summed E-state index contributed by atoms with van der Waals surface area (Å²) in [6.45, 7) is 3.88. The largest absolute Gasteiger partial charge is 0.309 e. The molecule has 2 aromatic rings. The van der Waals surface area contributed by atoms with Crippen LogP contribution in [-0.4, -0.2) is 0 Å². The van der Waals surface area contributed by atoms with E-state index in [-0.39, 0.29) is 0 Å². The van der Waals surface area contributed by atoms with Crippen LogP contribution in [0.1, 0.15) is 13.8 Å². The summed E-state index contributed by atoms with van der Waals surface area (Å²) < 4.78 is 13.5. The number of benzene rings is 2. The third-order valence-electron chi connectivity index (χ3n) is 3.15. The highest BCUT2D eigenvalue weighted by molar-refractivity contribution is 7.82. The molecule has 2 heteroatoms. The Hall–Kier alpha value is -1.59. The first-order valence-corrected chi connectivity index (χ1v) is 7.75. The highest BCUT2D eigenvalue weighted by atomic mass is 31.2. The van der Waals surface area contributed by atoms with E-state index in [1.54, 1.807) is 0 Å². The third-order valence-corrected chi connectivity index (χ3v) is 6.46. The van der Waals surface area contributed by atoms with Crippen molar-refractivity contribution in [2.75, 3.05) is 0 Å². The van der Waals surface area contributed by atoms with E-state index in [9.17, 15) is 4.57 Å². The molecule has 0 fully saturated rings. The molecule has 0 aliphatic rings. The molecule has 0 saturated heterocycles. The second-order valence-electron chi connectivity index (χ2n) is 4.21. The fourth-order valence-electron chi connectivity index (χ4n) is 2.01. The maximum absolute atomic E-state index is 13.5. The Labute approximate surface area is 109 Å². The van der Waals surface area contributed by atoms with E-state index < -0.39 is 7.14 Å². The van der Waals surface area contributed by atoms with Gasteiger partial charge in [0.25, 0.3) is 0 Å². The van der Waals surface area contributed by atoms with Gasteiger partial charge in [-0.25, -0.2) is 0 Å².